The molecule has 6 rings (SSSR count). The van der Waals surface area contributed by atoms with Crippen LogP contribution in [0.2, 0.25) is 10.0 Å². The van der Waals surface area contributed by atoms with Crippen LogP contribution in [-0.4, -0.2) is 154 Å². The number of likely N-dealkylation sites (N-methyl/N-ethyl adjacent to an activating group) is 2. The fraction of sp³-hybridized carbons (Fsp3) is 0.683. The van der Waals surface area contributed by atoms with Gasteiger partial charge in [0, 0.05) is 56.6 Å². The normalized spacial score (nSPS) is 27.1. The van der Waals surface area contributed by atoms with Crippen LogP contribution < -0.4 is 16.0 Å². The van der Waals surface area contributed by atoms with Gasteiger partial charge in [-0.2, -0.15) is 13.2 Å². The molecule has 5 fully saturated rings. The molecule has 0 spiro atoms. The van der Waals surface area contributed by atoms with Crippen LogP contribution in [0.5, 0.6) is 0 Å². The lowest BCUT2D eigenvalue weighted by Gasteiger charge is -2.42. The van der Waals surface area contributed by atoms with Gasteiger partial charge in [-0.1, -0.05) is 37.0 Å². The molecule has 0 aromatic heterocycles. The lowest BCUT2D eigenvalue weighted by atomic mass is 9.95. The molecule has 21 heteroatoms. The summed E-state index contributed by atoms with van der Waals surface area (Å²) in [6, 6.07) is -1.91. The van der Waals surface area contributed by atoms with Gasteiger partial charge in [-0.25, -0.2) is 4.39 Å². The third-order valence-corrected chi connectivity index (χ3v) is 12.8. The smallest absolute Gasteiger partial charge is 0.373 e. The summed E-state index contributed by atoms with van der Waals surface area (Å²) in [5.41, 5.74) is -3.42. The van der Waals surface area contributed by atoms with Crippen LogP contribution in [0.3, 0.4) is 0 Å². The molecule has 4 N–H and O–H groups in total. The third kappa shape index (κ3) is 11.1. The van der Waals surface area contributed by atoms with Crippen LogP contribution in [0.1, 0.15) is 71.3 Å². The molecule has 15 nitrogen and oxygen atoms in total. The molecule has 0 unspecified atom stereocenters. The minimum atomic E-state index is -5.43. The number of halogens is 6. The standard InChI is InChI=1S/C41H55Cl2F4N7O8/c1-21(2)14-28-36(58)52(5)31(16-23-15-25(42)11-12-27(23)43)37(59)53-18-24(19-53)33(55)48-13-7-6-8-29(34(56)49-28)51(4)38(60)32(22-9-10-22)50-35(57)30-17-26(44)20-54(30)39(61)40(3,62)41(45,46)47/h11-12,15,21-22,24,26,28-32,62H,6-10,13-14,16-20H2,1-5H3,(H,48,55)(H,49,56)(H,50,57)/t26-,28+,29+,30+,31+,32+,40-/m1/s1. The van der Waals surface area contributed by atoms with Gasteiger partial charge < -0.3 is 40.7 Å². The van der Waals surface area contributed by atoms with E-state index in [1.54, 1.807) is 18.2 Å². The Labute approximate surface area is 367 Å². The number of amides is 7. The fourth-order valence-corrected chi connectivity index (χ4v) is 8.49. The second kappa shape index (κ2) is 19.7. The number of hydrogen-bond donors (Lipinski definition) is 4. The molecule has 4 aliphatic heterocycles. The fourth-order valence-electron chi connectivity index (χ4n) is 8.10. The zero-order valence-electron chi connectivity index (χ0n) is 35.3. The highest BCUT2D eigenvalue weighted by Gasteiger charge is 2.59. The van der Waals surface area contributed by atoms with Crippen LogP contribution in [0.4, 0.5) is 17.6 Å². The Hall–Kier alpha value is -4.23. The van der Waals surface area contributed by atoms with Crippen molar-refractivity contribution in [3.8, 4) is 0 Å². The Morgan fingerprint density at radius 3 is 2.27 bits per heavy atom. The van der Waals surface area contributed by atoms with Crippen LogP contribution in [0, 0.1) is 17.8 Å². The first-order chi connectivity index (χ1) is 28.9. The summed E-state index contributed by atoms with van der Waals surface area (Å²) in [7, 11) is 2.77. The molecule has 2 bridgehead atoms. The van der Waals surface area contributed by atoms with Crippen LogP contribution in [0.15, 0.2) is 18.2 Å². The molecule has 1 saturated carbocycles. The quantitative estimate of drug-likeness (QED) is 0.258. The van der Waals surface area contributed by atoms with E-state index < -0.39 is 108 Å². The van der Waals surface area contributed by atoms with Crippen molar-refractivity contribution >= 4 is 64.6 Å². The molecule has 0 radical (unpaired) electrons. The van der Waals surface area contributed by atoms with Gasteiger partial charge in [-0.15, -0.1) is 0 Å². The zero-order valence-corrected chi connectivity index (χ0v) is 36.8. The Kier molecular flexibility index (Phi) is 15.5. The minimum absolute atomic E-state index is 0.0370. The summed E-state index contributed by atoms with van der Waals surface area (Å²) in [5, 5.41) is 18.9. The molecule has 344 valence electrons. The predicted octanol–water partition coefficient (Wildman–Crippen LogP) is 2.63. The topological polar surface area (TPSA) is 189 Å². The minimum Gasteiger partial charge on any atom is -0.373 e. The van der Waals surface area contributed by atoms with E-state index in [0.717, 1.165) is 4.90 Å². The Morgan fingerprint density at radius 2 is 1.66 bits per heavy atom. The lowest BCUT2D eigenvalue weighted by molar-refractivity contribution is -0.250. The molecule has 62 heavy (non-hydrogen) atoms. The number of nitrogens with one attached hydrogen (secondary N) is 3. The summed E-state index contributed by atoms with van der Waals surface area (Å²) >= 11 is 12.8. The van der Waals surface area contributed by atoms with Crippen molar-refractivity contribution in [2.24, 2.45) is 17.8 Å². The van der Waals surface area contributed by atoms with E-state index in [4.69, 9.17) is 23.2 Å². The van der Waals surface area contributed by atoms with Crippen molar-refractivity contribution in [1.29, 1.82) is 0 Å². The van der Waals surface area contributed by atoms with E-state index in [1.165, 1.54) is 23.9 Å². The maximum atomic E-state index is 14.6. The van der Waals surface area contributed by atoms with Gasteiger partial charge in [0.2, 0.25) is 41.0 Å². The summed E-state index contributed by atoms with van der Waals surface area (Å²) in [4.78, 5) is 101. The van der Waals surface area contributed by atoms with Crippen molar-refractivity contribution < 1.29 is 56.2 Å². The Bertz CT molecular complexity index is 1900. The van der Waals surface area contributed by atoms with E-state index in [2.05, 4.69) is 16.0 Å². The number of likely N-dealkylation sites (tertiary alicyclic amines) is 1. The number of carbonyl (C=O) groups is 7. The summed E-state index contributed by atoms with van der Waals surface area (Å²) < 4.78 is 55.4. The van der Waals surface area contributed by atoms with Gasteiger partial charge in [0.1, 0.15) is 36.4 Å². The van der Waals surface area contributed by atoms with Gasteiger partial charge in [0.25, 0.3) is 5.91 Å². The highest BCUT2D eigenvalue weighted by Crippen LogP contribution is 2.37. The maximum Gasteiger partial charge on any atom is 0.426 e. The number of fused-ring (bicyclic) bond motifs is 13. The largest absolute Gasteiger partial charge is 0.426 e. The van der Waals surface area contributed by atoms with Gasteiger partial charge in [0.05, 0.1) is 12.5 Å². The second-order valence-electron chi connectivity index (χ2n) is 17.5. The number of nitrogens with zero attached hydrogens (tertiary/aromatic N) is 4. The zero-order chi connectivity index (χ0) is 46.0. The van der Waals surface area contributed by atoms with Crippen molar-refractivity contribution in [1.82, 2.24) is 35.6 Å². The second-order valence-corrected chi connectivity index (χ2v) is 18.3. The number of alkyl halides is 4. The maximum absolute atomic E-state index is 14.6. The Morgan fingerprint density at radius 1 is 1.00 bits per heavy atom. The molecule has 4 heterocycles. The molecule has 5 aliphatic rings. The van der Waals surface area contributed by atoms with E-state index in [0.29, 0.717) is 46.2 Å². The van der Waals surface area contributed by atoms with Crippen molar-refractivity contribution in [3.05, 3.63) is 33.8 Å². The third-order valence-electron chi connectivity index (χ3n) is 12.2. The van der Waals surface area contributed by atoms with E-state index in [1.807, 2.05) is 13.8 Å². The van der Waals surface area contributed by atoms with Crippen LogP contribution in [-0.2, 0) is 40.0 Å². The molecule has 1 aliphatic carbocycles. The van der Waals surface area contributed by atoms with Gasteiger partial charge in [-0.3, -0.25) is 33.6 Å². The van der Waals surface area contributed by atoms with Gasteiger partial charge in [-0.05, 0) is 81.0 Å². The number of hydrogen-bond acceptors (Lipinski definition) is 8. The summed E-state index contributed by atoms with van der Waals surface area (Å²) in [6.07, 6.45) is -6.24. The van der Waals surface area contributed by atoms with Crippen molar-refractivity contribution in [3.63, 3.8) is 0 Å². The molecule has 7 atom stereocenters. The monoisotopic (exact) mass is 919 g/mol. The number of carbonyl (C=O) groups excluding carboxylic acids is 7. The van der Waals surface area contributed by atoms with Crippen LogP contribution in [0.25, 0.3) is 0 Å². The van der Waals surface area contributed by atoms with E-state index in [-0.39, 0.29) is 57.6 Å². The number of rotatable bonds is 10. The molecule has 4 saturated heterocycles. The van der Waals surface area contributed by atoms with Gasteiger partial charge >= 0.3 is 6.18 Å². The van der Waals surface area contributed by atoms with E-state index >= 15 is 0 Å². The lowest BCUT2D eigenvalue weighted by Crippen LogP contribution is -2.63. The summed E-state index contributed by atoms with van der Waals surface area (Å²) in [5.74, 6) is -6.91. The average Bonchev–Trinajstić information content (AvgIpc) is 3.94. The highest BCUT2D eigenvalue weighted by molar-refractivity contribution is 6.33. The molecular weight excluding hydrogens is 865 g/mol. The van der Waals surface area contributed by atoms with Crippen molar-refractivity contribution in [2.45, 2.75) is 120 Å². The first-order valence-corrected chi connectivity index (χ1v) is 21.6. The molecular formula is C41H55Cl2F4N7O8. The average molecular weight is 921 g/mol. The molecule has 1 aromatic rings. The number of aliphatic hydroxyl groups is 1. The van der Waals surface area contributed by atoms with Crippen molar-refractivity contribution in [2.75, 3.05) is 40.3 Å². The highest BCUT2D eigenvalue weighted by atomic mass is 35.5. The Balaban J connectivity index is 1.41. The molecule has 7 amide bonds. The first kappa shape index (κ1) is 48.8. The SMILES string of the molecule is CC(C)C[C@@H]1NC(=O)[C@@H](N(C)C(=O)[C@@H](NC(=O)[C@@H]2C[C@@H](F)CN2C(=O)[C@@](C)(O)C(F)(F)F)C2CC2)CCCCNC(=O)C2CN(C2)C(=O)[C@H](Cc2cc(Cl)ccc2Cl)N(C)C1=O. The number of benzene rings is 1. The van der Waals surface area contributed by atoms with Crippen LogP contribution >= 0.6 is 23.2 Å². The van der Waals surface area contributed by atoms with Gasteiger partial charge in [0.15, 0.2) is 0 Å². The predicted molar refractivity (Wildman–Crippen MR) is 218 cm³/mol. The molecule has 1 aromatic carbocycles. The first-order valence-electron chi connectivity index (χ1n) is 20.8. The van der Waals surface area contributed by atoms with E-state index in [9.17, 15) is 56.2 Å². The summed E-state index contributed by atoms with van der Waals surface area (Å²) in [6.45, 7) is 3.48.